The molecule has 2 aromatic rings. The molecule has 2 rings (SSSR count). The van der Waals surface area contributed by atoms with Gasteiger partial charge in [0, 0.05) is 37.8 Å². The molecule has 126 valence electrons. The van der Waals surface area contributed by atoms with E-state index in [1.165, 1.54) is 12.5 Å². The molecule has 5 heteroatoms. The summed E-state index contributed by atoms with van der Waals surface area (Å²) in [6.45, 7) is 2.69. The molecule has 5 nitrogen and oxygen atoms in total. The summed E-state index contributed by atoms with van der Waals surface area (Å²) in [7, 11) is 0. The lowest BCUT2D eigenvalue weighted by Gasteiger charge is -2.09. The molecule has 0 unspecified atom stereocenters. The van der Waals surface area contributed by atoms with Gasteiger partial charge in [0.05, 0.1) is 0 Å². The van der Waals surface area contributed by atoms with E-state index in [0.29, 0.717) is 19.5 Å². The van der Waals surface area contributed by atoms with Gasteiger partial charge in [-0.1, -0.05) is 30.3 Å². The van der Waals surface area contributed by atoms with Crippen LogP contribution in [0, 0.1) is 0 Å². The quantitative estimate of drug-likeness (QED) is 0.699. The Bertz CT molecular complexity index is 654. The first-order chi connectivity index (χ1) is 11.6. The molecule has 0 atom stereocenters. The summed E-state index contributed by atoms with van der Waals surface area (Å²) in [5.41, 5.74) is 2.89. The van der Waals surface area contributed by atoms with Gasteiger partial charge in [0.2, 0.25) is 11.8 Å². The summed E-state index contributed by atoms with van der Waals surface area (Å²) in [5.74, 6) is -0.0591. The van der Waals surface area contributed by atoms with Crippen molar-refractivity contribution in [2.45, 2.75) is 19.8 Å². The molecule has 2 aromatic carbocycles. The van der Waals surface area contributed by atoms with Gasteiger partial charge in [0.1, 0.15) is 0 Å². The first-order valence-corrected chi connectivity index (χ1v) is 8.05. The lowest BCUT2D eigenvalue weighted by atomic mass is 10.1. The van der Waals surface area contributed by atoms with Crippen LogP contribution in [-0.4, -0.2) is 24.9 Å². The van der Waals surface area contributed by atoms with Crippen molar-refractivity contribution in [1.82, 2.24) is 5.32 Å². The lowest BCUT2D eigenvalue weighted by molar-refractivity contribution is -0.120. The summed E-state index contributed by atoms with van der Waals surface area (Å²) in [6, 6.07) is 17.5. The molecule has 0 aliphatic rings. The van der Waals surface area contributed by atoms with Crippen LogP contribution in [0.15, 0.2) is 54.6 Å². The molecule has 0 aliphatic heterocycles. The number of rotatable bonds is 8. The summed E-state index contributed by atoms with van der Waals surface area (Å²) < 4.78 is 0. The van der Waals surface area contributed by atoms with Crippen LogP contribution in [0.3, 0.4) is 0 Å². The zero-order valence-corrected chi connectivity index (χ0v) is 13.8. The third-order valence-corrected chi connectivity index (χ3v) is 3.47. The SMILES string of the molecule is CC(=O)Nc1ccc(NCCC(=O)NCCc2ccccc2)cc1. The Balaban J connectivity index is 1.62. The number of amides is 2. The number of hydrogen-bond acceptors (Lipinski definition) is 3. The number of nitrogens with one attached hydrogen (secondary N) is 3. The first kappa shape index (κ1) is 17.5. The second kappa shape index (κ2) is 9.35. The molecule has 3 N–H and O–H groups in total. The standard InChI is InChI=1S/C19H23N3O2/c1-15(23)22-18-9-7-17(8-10-18)20-14-12-19(24)21-13-11-16-5-3-2-4-6-16/h2-10,20H,11-14H2,1H3,(H,21,24)(H,22,23). The fraction of sp³-hybridized carbons (Fsp3) is 0.263. The van der Waals surface area contributed by atoms with E-state index in [9.17, 15) is 9.59 Å². The molecule has 0 aromatic heterocycles. The summed E-state index contributed by atoms with van der Waals surface area (Å²) >= 11 is 0. The Hall–Kier alpha value is -2.82. The number of carbonyl (C=O) groups excluding carboxylic acids is 2. The molecule has 0 heterocycles. The van der Waals surface area contributed by atoms with E-state index >= 15 is 0 Å². The largest absolute Gasteiger partial charge is 0.385 e. The molecule has 0 saturated heterocycles. The van der Waals surface area contributed by atoms with Gasteiger partial charge in [-0.25, -0.2) is 0 Å². The fourth-order valence-corrected chi connectivity index (χ4v) is 2.27. The minimum Gasteiger partial charge on any atom is -0.385 e. The molecule has 2 amide bonds. The normalized spacial score (nSPS) is 10.0. The van der Waals surface area contributed by atoms with Crippen LogP contribution in [0.1, 0.15) is 18.9 Å². The topological polar surface area (TPSA) is 70.2 Å². The Morgan fingerprint density at radius 2 is 1.54 bits per heavy atom. The van der Waals surface area contributed by atoms with Crippen molar-refractivity contribution in [3.8, 4) is 0 Å². The second-order valence-corrected chi connectivity index (χ2v) is 5.52. The van der Waals surface area contributed by atoms with E-state index in [1.807, 2.05) is 42.5 Å². The Labute approximate surface area is 142 Å². The number of hydrogen-bond donors (Lipinski definition) is 3. The molecule has 0 spiro atoms. The maximum Gasteiger partial charge on any atom is 0.221 e. The molecular formula is C19H23N3O2. The fourth-order valence-electron chi connectivity index (χ4n) is 2.27. The second-order valence-electron chi connectivity index (χ2n) is 5.52. The van der Waals surface area contributed by atoms with Crippen molar-refractivity contribution in [3.63, 3.8) is 0 Å². The van der Waals surface area contributed by atoms with Crippen LogP contribution in [0.25, 0.3) is 0 Å². The van der Waals surface area contributed by atoms with E-state index in [2.05, 4.69) is 28.1 Å². The highest BCUT2D eigenvalue weighted by atomic mass is 16.2. The maximum atomic E-state index is 11.8. The van der Waals surface area contributed by atoms with E-state index in [-0.39, 0.29) is 11.8 Å². The van der Waals surface area contributed by atoms with Gasteiger partial charge < -0.3 is 16.0 Å². The van der Waals surface area contributed by atoms with Crippen molar-refractivity contribution in [3.05, 3.63) is 60.2 Å². The van der Waals surface area contributed by atoms with Gasteiger partial charge in [-0.05, 0) is 36.2 Å². The number of benzene rings is 2. The van der Waals surface area contributed by atoms with Crippen molar-refractivity contribution in [2.24, 2.45) is 0 Å². The predicted molar refractivity (Wildman–Crippen MR) is 97.0 cm³/mol. The van der Waals surface area contributed by atoms with Crippen LogP contribution in [0.4, 0.5) is 11.4 Å². The maximum absolute atomic E-state index is 11.8. The Morgan fingerprint density at radius 1 is 0.875 bits per heavy atom. The zero-order chi connectivity index (χ0) is 17.2. The molecule has 0 fully saturated rings. The van der Waals surface area contributed by atoms with Gasteiger partial charge in [0.25, 0.3) is 0 Å². The molecule has 0 saturated carbocycles. The highest BCUT2D eigenvalue weighted by Crippen LogP contribution is 2.13. The van der Waals surface area contributed by atoms with E-state index in [1.54, 1.807) is 0 Å². The smallest absolute Gasteiger partial charge is 0.221 e. The van der Waals surface area contributed by atoms with Crippen molar-refractivity contribution in [1.29, 1.82) is 0 Å². The highest BCUT2D eigenvalue weighted by Gasteiger charge is 2.01. The third-order valence-electron chi connectivity index (χ3n) is 3.47. The summed E-state index contributed by atoms with van der Waals surface area (Å²) in [4.78, 5) is 22.8. The molecule has 24 heavy (non-hydrogen) atoms. The average molecular weight is 325 g/mol. The summed E-state index contributed by atoms with van der Waals surface area (Å²) in [5, 5.41) is 8.82. The van der Waals surface area contributed by atoms with Crippen LogP contribution < -0.4 is 16.0 Å². The monoisotopic (exact) mass is 325 g/mol. The predicted octanol–water partition coefficient (Wildman–Crippen LogP) is 2.81. The van der Waals surface area contributed by atoms with E-state index < -0.39 is 0 Å². The van der Waals surface area contributed by atoms with Gasteiger partial charge in [-0.2, -0.15) is 0 Å². The van der Waals surface area contributed by atoms with Gasteiger partial charge in [-0.3, -0.25) is 9.59 Å². The average Bonchev–Trinajstić information content (AvgIpc) is 2.57. The van der Waals surface area contributed by atoms with Gasteiger partial charge in [-0.15, -0.1) is 0 Å². The van der Waals surface area contributed by atoms with Crippen molar-refractivity contribution < 1.29 is 9.59 Å². The van der Waals surface area contributed by atoms with Crippen LogP contribution >= 0.6 is 0 Å². The van der Waals surface area contributed by atoms with Crippen molar-refractivity contribution in [2.75, 3.05) is 23.7 Å². The summed E-state index contributed by atoms with van der Waals surface area (Å²) in [6.07, 6.45) is 1.26. The van der Waals surface area contributed by atoms with Crippen LogP contribution in [-0.2, 0) is 16.0 Å². The minimum absolute atomic E-state index is 0.0355. The van der Waals surface area contributed by atoms with Crippen molar-refractivity contribution >= 4 is 23.2 Å². The Morgan fingerprint density at radius 3 is 2.21 bits per heavy atom. The van der Waals surface area contributed by atoms with E-state index in [0.717, 1.165) is 17.8 Å². The molecule has 0 radical (unpaired) electrons. The molecule has 0 bridgehead atoms. The van der Waals surface area contributed by atoms with Crippen LogP contribution in [0.5, 0.6) is 0 Å². The highest BCUT2D eigenvalue weighted by molar-refractivity contribution is 5.88. The number of carbonyl (C=O) groups is 2. The molecule has 0 aliphatic carbocycles. The zero-order valence-electron chi connectivity index (χ0n) is 13.8. The van der Waals surface area contributed by atoms with Crippen LogP contribution in [0.2, 0.25) is 0 Å². The third kappa shape index (κ3) is 6.52. The first-order valence-electron chi connectivity index (χ1n) is 8.05. The van der Waals surface area contributed by atoms with E-state index in [4.69, 9.17) is 0 Å². The Kier molecular flexibility index (Phi) is 6.83. The lowest BCUT2D eigenvalue weighted by Crippen LogP contribution is -2.27. The molecular weight excluding hydrogens is 302 g/mol. The van der Waals surface area contributed by atoms with Gasteiger partial charge >= 0.3 is 0 Å². The number of anilines is 2. The van der Waals surface area contributed by atoms with Gasteiger partial charge in [0.15, 0.2) is 0 Å². The minimum atomic E-state index is -0.0946.